The molecule has 10 nitrogen and oxygen atoms in total. The normalized spacial score (nSPS) is 14.8. The molecule has 2 unspecified atom stereocenters. The standard InChI is InChI=1S/C27H28F3N7O3/c1-13-23(22-14(2)36-40-16(22)4)34-24(35-25(13)37-10-17-9-32-12-33-21(17)11-37)19-8-18(39-26(31-5)15(3)38)6-7-20(19)27(28,29)30/h6-9,12,15,26,31,38H,10-11H2,1-5H3. The van der Waals surface area contributed by atoms with Crippen LogP contribution >= 0.6 is 0 Å². The van der Waals surface area contributed by atoms with Crippen molar-refractivity contribution < 1.29 is 27.5 Å². The number of hydrogen-bond donors (Lipinski definition) is 2. The number of ether oxygens (including phenoxy) is 1. The molecule has 5 rings (SSSR count). The third-order valence-electron chi connectivity index (χ3n) is 6.80. The number of benzene rings is 1. The van der Waals surface area contributed by atoms with Gasteiger partial charge in [-0.05, 0) is 52.9 Å². The zero-order chi connectivity index (χ0) is 28.8. The van der Waals surface area contributed by atoms with Crippen LogP contribution in [0.5, 0.6) is 5.75 Å². The minimum atomic E-state index is -4.70. The lowest BCUT2D eigenvalue weighted by atomic mass is 10.0. The van der Waals surface area contributed by atoms with Gasteiger partial charge in [-0.1, -0.05) is 5.16 Å². The molecule has 4 heterocycles. The van der Waals surface area contributed by atoms with Crippen LogP contribution in [0.25, 0.3) is 22.6 Å². The fraction of sp³-hybridized carbons (Fsp3) is 0.370. The lowest BCUT2D eigenvalue weighted by molar-refractivity contribution is -0.137. The molecular formula is C27H28F3N7O3. The van der Waals surface area contributed by atoms with Crippen molar-refractivity contribution in [3.63, 3.8) is 0 Å². The molecule has 0 spiro atoms. The summed E-state index contributed by atoms with van der Waals surface area (Å²) in [5.41, 5.74) is 2.74. The molecule has 4 aromatic rings. The minimum Gasteiger partial charge on any atom is -0.473 e. The predicted octanol–water partition coefficient (Wildman–Crippen LogP) is 4.36. The first-order chi connectivity index (χ1) is 19.0. The monoisotopic (exact) mass is 555 g/mol. The average molecular weight is 556 g/mol. The lowest BCUT2D eigenvalue weighted by Gasteiger charge is -2.23. The van der Waals surface area contributed by atoms with Gasteiger partial charge in [0.05, 0.1) is 34.8 Å². The Balaban J connectivity index is 1.72. The maximum Gasteiger partial charge on any atom is 0.417 e. The maximum absolute atomic E-state index is 14.3. The van der Waals surface area contributed by atoms with Crippen molar-refractivity contribution in [2.24, 2.45) is 0 Å². The van der Waals surface area contributed by atoms with Crippen LogP contribution in [0.3, 0.4) is 0 Å². The quantitative estimate of drug-likeness (QED) is 0.318. The first-order valence-corrected chi connectivity index (χ1v) is 12.6. The zero-order valence-electron chi connectivity index (χ0n) is 22.5. The van der Waals surface area contributed by atoms with Crippen LogP contribution in [0.2, 0.25) is 0 Å². The Morgan fingerprint density at radius 3 is 2.55 bits per heavy atom. The van der Waals surface area contributed by atoms with E-state index in [0.29, 0.717) is 47.2 Å². The molecule has 0 radical (unpaired) electrons. The molecule has 210 valence electrons. The molecule has 2 atom stereocenters. The topological polar surface area (TPSA) is 122 Å². The number of aliphatic hydroxyl groups is 1. The number of nitrogens with one attached hydrogen (secondary N) is 1. The van der Waals surface area contributed by atoms with Crippen molar-refractivity contribution in [3.8, 4) is 28.4 Å². The summed E-state index contributed by atoms with van der Waals surface area (Å²) in [6, 6.07) is 3.38. The molecule has 1 aliphatic rings. The summed E-state index contributed by atoms with van der Waals surface area (Å²) < 4.78 is 54.0. The summed E-state index contributed by atoms with van der Waals surface area (Å²) in [4.78, 5) is 19.7. The van der Waals surface area contributed by atoms with E-state index in [0.717, 1.165) is 17.3 Å². The van der Waals surface area contributed by atoms with Crippen molar-refractivity contribution in [1.82, 2.24) is 30.4 Å². The van der Waals surface area contributed by atoms with E-state index < -0.39 is 24.1 Å². The van der Waals surface area contributed by atoms with E-state index in [9.17, 15) is 18.3 Å². The molecule has 0 aliphatic carbocycles. The molecule has 2 N–H and O–H groups in total. The van der Waals surface area contributed by atoms with Crippen LogP contribution in [0.1, 0.15) is 40.8 Å². The predicted molar refractivity (Wildman–Crippen MR) is 139 cm³/mol. The van der Waals surface area contributed by atoms with Crippen LogP contribution in [-0.4, -0.2) is 49.6 Å². The van der Waals surface area contributed by atoms with Crippen LogP contribution in [0.4, 0.5) is 19.0 Å². The number of rotatable bonds is 7. The Morgan fingerprint density at radius 1 is 1.15 bits per heavy atom. The number of aryl methyl sites for hydroxylation is 2. The highest BCUT2D eigenvalue weighted by Gasteiger charge is 2.36. The highest BCUT2D eigenvalue weighted by atomic mass is 19.4. The fourth-order valence-electron chi connectivity index (χ4n) is 4.82. The highest BCUT2D eigenvalue weighted by molar-refractivity contribution is 5.76. The second kappa shape index (κ2) is 10.5. The third-order valence-corrected chi connectivity index (χ3v) is 6.80. The summed E-state index contributed by atoms with van der Waals surface area (Å²) in [6.45, 7) is 7.64. The molecule has 0 saturated carbocycles. The second-order valence-electron chi connectivity index (χ2n) is 9.67. The van der Waals surface area contributed by atoms with Crippen LogP contribution in [0, 0.1) is 20.8 Å². The van der Waals surface area contributed by atoms with Gasteiger partial charge in [0.2, 0.25) is 0 Å². The second-order valence-corrected chi connectivity index (χ2v) is 9.67. The average Bonchev–Trinajstić information content (AvgIpc) is 3.49. The zero-order valence-corrected chi connectivity index (χ0v) is 22.5. The molecule has 0 amide bonds. The molecular weight excluding hydrogens is 527 g/mol. The van der Waals surface area contributed by atoms with E-state index in [1.807, 2.05) is 11.8 Å². The number of halogens is 3. The third kappa shape index (κ3) is 5.09. The van der Waals surface area contributed by atoms with Gasteiger partial charge in [0.1, 0.15) is 29.8 Å². The molecule has 3 aromatic heterocycles. The molecule has 0 saturated heterocycles. The SMILES string of the molecule is CNC(Oc1ccc(C(F)(F)F)c(-c2nc(-c3c(C)noc3C)c(C)c(N3Cc4cncnc4C3)n2)c1)C(C)O. The summed E-state index contributed by atoms with van der Waals surface area (Å²) in [5.74, 6) is 0.897. The van der Waals surface area contributed by atoms with Gasteiger partial charge in [0, 0.05) is 29.4 Å². The number of aliphatic hydroxyl groups excluding tert-OH is 1. The molecule has 40 heavy (non-hydrogen) atoms. The number of hydrogen-bond acceptors (Lipinski definition) is 10. The molecule has 13 heteroatoms. The Morgan fingerprint density at radius 2 is 1.93 bits per heavy atom. The van der Waals surface area contributed by atoms with Gasteiger partial charge in [-0.2, -0.15) is 13.2 Å². The Kier molecular flexibility index (Phi) is 7.19. The number of alkyl halides is 3. The van der Waals surface area contributed by atoms with Crippen molar-refractivity contribution >= 4 is 5.82 Å². The van der Waals surface area contributed by atoms with Gasteiger partial charge in [-0.3, -0.25) is 5.32 Å². The highest BCUT2D eigenvalue weighted by Crippen LogP contribution is 2.41. The molecule has 1 aromatic carbocycles. The van der Waals surface area contributed by atoms with Crippen LogP contribution in [-0.2, 0) is 19.3 Å². The van der Waals surface area contributed by atoms with E-state index in [-0.39, 0.29) is 17.1 Å². The van der Waals surface area contributed by atoms with Gasteiger partial charge in [-0.15, -0.1) is 0 Å². The van der Waals surface area contributed by atoms with Gasteiger partial charge >= 0.3 is 6.18 Å². The number of likely N-dealkylation sites (N-methyl/N-ethyl adjacent to an activating group) is 1. The van der Waals surface area contributed by atoms with Gasteiger partial charge < -0.3 is 19.3 Å². The van der Waals surface area contributed by atoms with E-state index in [2.05, 4.69) is 30.4 Å². The Bertz CT molecular complexity index is 1510. The summed E-state index contributed by atoms with van der Waals surface area (Å²) in [7, 11) is 1.58. The van der Waals surface area contributed by atoms with E-state index >= 15 is 0 Å². The first-order valence-electron chi connectivity index (χ1n) is 12.6. The van der Waals surface area contributed by atoms with Gasteiger partial charge in [-0.25, -0.2) is 19.9 Å². The van der Waals surface area contributed by atoms with Crippen molar-refractivity contribution in [2.45, 2.75) is 59.3 Å². The largest absolute Gasteiger partial charge is 0.473 e. The minimum absolute atomic E-state index is 0.108. The van der Waals surface area contributed by atoms with Crippen molar-refractivity contribution in [3.05, 3.63) is 64.6 Å². The van der Waals surface area contributed by atoms with Gasteiger partial charge in [0.15, 0.2) is 12.1 Å². The van der Waals surface area contributed by atoms with Gasteiger partial charge in [0.25, 0.3) is 0 Å². The lowest BCUT2D eigenvalue weighted by Crippen LogP contribution is -2.40. The maximum atomic E-state index is 14.3. The summed E-state index contributed by atoms with van der Waals surface area (Å²) in [6.07, 6.45) is -3.29. The summed E-state index contributed by atoms with van der Waals surface area (Å²) in [5, 5.41) is 16.8. The van der Waals surface area contributed by atoms with E-state index in [1.165, 1.54) is 25.4 Å². The Labute approximate surface area is 228 Å². The van der Waals surface area contributed by atoms with E-state index in [4.69, 9.17) is 9.26 Å². The van der Waals surface area contributed by atoms with Crippen molar-refractivity contribution in [1.29, 1.82) is 0 Å². The molecule has 1 aliphatic heterocycles. The smallest absolute Gasteiger partial charge is 0.417 e. The number of fused-ring (bicyclic) bond motifs is 1. The number of nitrogens with zero attached hydrogens (tertiary/aromatic N) is 6. The molecule has 0 bridgehead atoms. The first kappa shape index (κ1) is 27.5. The summed E-state index contributed by atoms with van der Waals surface area (Å²) >= 11 is 0. The number of aromatic nitrogens is 5. The molecule has 0 fully saturated rings. The fourth-order valence-corrected chi connectivity index (χ4v) is 4.82. The van der Waals surface area contributed by atoms with Crippen LogP contribution in [0.15, 0.2) is 35.2 Å². The van der Waals surface area contributed by atoms with Crippen LogP contribution < -0.4 is 15.0 Å². The Hall–Kier alpha value is -4.10. The number of anilines is 1. The van der Waals surface area contributed by atoms with E-state index in [1.54, 1.807) is 27.1 Å². The van der Waals surface area contributed by atoms with Crippen molar-refractivity contribution in [2.75, 3.05) is 11.9 Å².